The average Bonchev–Trinajstić information content (AvgIpc) is 2.22. The molecule has 0 radical (unpaired) electrons. The zero-order chi connectivity index (χ0) is 13.5. The van der Waals surface area contributed by atoms with Crippen molar-refractivity contribution in [1.29, 1.82) is 0 Å². The first-order valence-electron chi connectivity index (χ1n) is 4.70. The van der Waals surface area contributed by atoms with Gasteiger partial charge in [-0.2, -0.15) is 13.2 Å². The van der Waals surface area contributed by atoms with Crippen LogP contribution in [0.2, 0.25) is 0 Å². The van der Waals surface area contributed by atoms with E-state index in [0.29, 0.717) is 6.20 Å². The molecule has 0 atom stereocenters. The van der Waals surface area contributed by atoms with Gasteiger partial charge >= 0.3 is 12.1 Å². The Bertz CT molecular complexity index is 346. The SMILES string of the molecule is C=CCN=C(C(=CN)C(=O)OCC)C(F)(F)F. The molecule has 2 N–H and O–H groups in total. The summed E-state index contributed by atoms with van der Waals surface area (Å²) in [6.45, 7) is 4.39. The maximum atomic E-state index is 12.6. The third kappa shape index (κ3) is 4.71. The van der Waals surface area contributed by atoms with Crippen LogP contribution >= 0.6 is 0 Å². The van der Waals surface area contributed by atoms with Crippen molar-refractivity contribution < 1.29 is 22.7 Å². The summed E-state index contributed by atoms with van der Waals surface area (Å²) in [5.41, 5.74) is 2.84. The van der Waals surface area contributed by atoms with Crippen LogP contribution in [0, 0.1) is 0 Å². The van der Waals surface area contributed by atoms with E-state index in [-0.39, 0.29) is 13.2 Å². The van der Waals surface area contributed by atoms with Gasteiger partial charge in [-0.1, -0.05) is 6.08 Å². The molecule has 0 aromatic heterocycles. The van der Waals surface area contributed by atoms with Gasteiger partial charge in [0.15, 0.2) is 5.71 Å². The molecule has 0 aliphatic heterocycles. The van der Waals surface area contributed by atoms with E-state index in [0.717, 1.165) is 0 Å². The van der Waals surface area contributed by atoms with E-state index in [4.69, 9.17) is 5.73 Å². The Hall–Kier alpha value is -1.79. The van der Waals surface area contributed by atoms with Crippen LogP contribution < -0.4 is 5.73 Å². The second-order valence-corrected chi connectivity index (χ2v) is 2.78. The van der Waals surface area contributed by atoms with Gasteiger partial charge in [-0.3, -0.25) is 4.99 Å². The summed E-state index contributed by atoms with van der Waals surface area (Å²) in [5, 5.41) is 0. The highest BCUT2D eigenvalue weighted by Crippen LogP contribution is 2.22. The minimum absolute atomic E-state index is 0.0528. The molecular formula is C10H13F3N2O2. The van der Waals surface area contributed by atoms with E-state index < -0.39 is 23.4 Å². The minimum atomic E-state index is -4.78. The molecule has 0 saturated carbocycles. The number of carbonyl (C=O) groups is 1. The molecule has 0 aromatic carbocycles. The summed E-state index contributed by atoms with van der Waals surface area (Å²) < 4.78 is 42.3. The number of rotatable bonds is 5. The molecule has 0 unspecified atom stereocenters. The van der Waals surface area contributed by atoms with Crippen molar-refractivity contribution in [2.24, 2.45) is 10.7 Å². The number of alkyl halides is 3. The van der Waals surface area contributed by atoms with Crippen molar-refractivity contribution in [2.75, 3.05) is 13.2 Å². The third-order valence-corrected chi connectivity index (χ3v) is 1.56. The third-order valence-electron chi connectivity index (χ3n) is 1.56. The molecule has 0 heterocycles. The Morgan fingerprint density at radius 1 is 1.53 bits per heavy atom. The van der Waals surface area contributed by atoms with Gasteiger partial charge in [-0.25, -0.2) is 4.79 Å². The molecular weight excluding hydrogens is 237 g/mol. The number of nitrogens with two attached hydrogens (primary N) is 1. The highest BCUT2D eigenvalue weighted by atomic mass is 19.4. The summed E-state index contributed by atoms with van der Waals surface area (Å²) in [4.78, 5) is 14.5. The van der Waals surface area contributed by atoms with E-state index >= 15 is 0 Å². The first-order valence-corrected chi connectivity index (χ1v) is 4.70. The number of halogens is 3. The second-order valence-electron chi connectivity index (χ2n) is 2.78. The first-order chi connectivity index (χ1) is 7.88. The van der Waals surface area contributed by atoms with Crippen molar-refractivity contribution in [2.45, 2.75) is 13.1 Å². The van der Waals surface area contributed by atoms with Crippen LogP contribution in [-0.2, 0) is 9.53 Å². The lowest BCUT2D eigenvalue weighted by molar-refractivity contribution is -0.138. The number of hydrogen-bond donors (Lipinski definition) is 1. The number of esters is 1. The van der Waals surface area contributed by atoms with Crippen LogP contribution in [-0.4, -0.2) is 31.0 Å². The minimum Gasteiger partial charge on any atom is -0.462 e. The van der Waals surface area contributed by atoms with E-state index in [1.807, 2.05) is 0 Å². The van der Waals surface area contributed by atoms with Gasteiger partial charge in [0.1, 0.15) is 5.57 Å². The van der Waals surface area contributed by atoms with Gasteiger partial charge in [0.2, 0.25) is 0 Å². The first kappa shape index (κ1) is 15.2. The Morgan fingerprint density at radius 2 is 2.12 bits per heavy atom. The van der Waals surface area contributed by atoms with Gasteiger partial charge < -0.3 is 10.5 Å². The summed E-state index contributed by atoms with van der Waals surface area (Å²) in [6, 6.07) is 0. The van der Waals surface area contributed by atoms with Crippen LogP contribution in [0.1, 0.15) is 6.92 Å². The van der Waals surface area contributed by atoms with Crippen LogP contribution in [0.5, 0.6) is 0 Å². The maximum Gasteiger partial charge on any atom is 0.433 e. The smallest absolute Gasteiger partial charge is 0.433 e. The van der Waals surface area contributed by atoms with Gasteiger partial charge in [-0.15, -0.1) is 6.58 Å². The lowest BCUT2D eigenvalue weighted by atomic mass is 10.1. The van der Waals surface area contributed by atoms with Gasteiger partial charge in [0, 0.05) is 6.20 Å². The van der Waals surface area contributed by atoms with Crippen molar-refractivity contribution in [3.8, 4) is 0 Å². The van der Waals surface area contributed by atoms with Crippen LogP contribution in [0.4, 0.5) is 13.2 Å². The summed E-state index contributed by atoms with van der Waals surface area (Å²) in [6.07, 6.45) is -3.07. The van der Waals surface area contributed by atoms with E-state index in [2.05, 4.69) is 16.3 Å². The molecule has 0 rings (SSSR count). The Labute approximate surface area is 96.7 Å². The number of aliphatic imine (C=N–C) groups is 1. The number of hydrogen-bond acceptors (Lipinski definition) is 4. The fraction of sp³-hybridized carbons (Fsp3) is 0.400. The van der Waals surface area contributed by atoms with Crippen molar-refractivity contribution in [1.82, 2.24) is 0 Å². The van der Waals surface area contributed by atoms with E-state index in [9.17, 15) is 18.0 Å². The van der Waals surface area contributed by atoms with Crippen molar-refractivity contribution in [3.05, 3.63) is 24.4 Å². The van der Waals surface area contributed by atoms with E-state index in [1.54, 1.807) is 0 Å². The standard InChI is InChI=1S/C10H13F3N2O2/c1-3-5-15-8(10(11,12)13)7(6-14)9(16)17-4-2/h3,6H,1,4-5,14H2,2H3. The molecule has 17 heavy (non-hydrogen) atoms. The molecule has 0 amide bonds. The Balaban J connectivity index is 5.29. The number of ether oxygens (including phenoxy) is 1. The zero-order valence-electron chi connectivity index (χ0n) is 9.25. The average molecular weight is 250 g/mol. The normalized spacial score (nSPS) is 13.4. The van der Waals surface area contributed by atoms with Gasteiger partial charge in [-0.05, 0) is 6.92 Å². The molecule has 0 saturated heterocycles. The Morgan fingerprint density at radius 3 is 2.47 bits per heavy atom. The molecule has 0 aliphatic carbocycles. The zero-order valence-corrected chi connectivity index (χ0v) is 9.25. The van der Waals surface area contributed by atoms with Gasteiger partial charge in [0.05, 0.1) is 13.2 Å². The quantitative estimate of drug-likeness (QED) is 0.349. The monoisotopic (exact) mass is 250 g/mol. The van der Waals surface area contributed by atoms with Crippen LogP contribution in [0.15, 0.2) is 29.4 Å². The van der Waals surface area contributed by atoms with Crippen molar-refractivity contribution >= 4 is 11.7 Å². The van der Waals surface area contributed by atoms with Crippen molar-refractivity contribution in [3.63, 3.8) is 0 Å². The summed E-state index contributed by atoms with van der Waals surface area (Å²) in [5.74, 6) is -1.16. The molecule has 7 heteroatoms. The number of nitrogens with zero attached hydrogens (tertiary/aromatic N) is 1. The maximum absolute atomic E-state index is 12.6. The lowest BCUT2D eigenvalue weighted by Crippen LogP contribution is -2.30. The molecule has 4 nitrogen and oxygen atoms in total. The summed E-state index contributed by atoms with van der Waals surface area (Å²) >= 11 is 0. The highest BCUT2D eigenvalue weighted by Gasteiger charge is 2.40. The Kier molecular flexibility index (Phi) is 6.01. The van der Waals surface area contributed by atoms with Crippen LogP contribution in [0.3, 0.4) is 0 Å². The fourth-order valence-corrected chi connectivity index (χ4v) is 0.936. The number of carbonyl (C=O) groups excluding carboxylic acids is 1. The molecule has 0 aliphatic rings. The highest BCUT2D eigenvalue weighted by molar-refractivity contribution is 6.21. The second kappa shape index (κ2) is 6.72. The largest absolute Gasteiger partial charge is 0.462 e. The van der Waals surface area contributed by atoms with Crippen LogP contribution in [0.25, 0.3) is 0 Å². The molecule has 0 bridgehead atoms. The van der Waals surface area contributed by atoms with Gasteiger partial charge in [0.25, 0.3) is 0 Å². The molecule has 0 aromatic rings. The molecule has 0 fully saturated rings. The predicted molar refractivity (Wildman–Crippen MR) is 57.5 cm³/mol. The lowest BCUT2D eigenvalue weighted by Gasteiger charge is -2.12. The van der Waals surface area contributed by atoms with E-state index in [1.165, 1.54) is 13.0 Å². The molecule has 0 spiro atoms. The summed E-state index contributed by atoms with van der Waals surface area (Å²) in [7, 11) is 0. The topological polar surface area (TPSA) is 64.7 Å². The fourth-order valence-electron chi connectivity index (χ4n) is 0.936. The molecule has 96 valence electrons. The predicted octanol–water partition coefficient (Wildman–Crippen LogP) is 1.58.